The zero-order chi connectivity index (χ0) is 14.5. The van der Waals surface area contributed by atoms with Crippen molar-refractivity contribution in [1.29, 1.82) is 0 Å². The van der Waals surface area contributed by atoms with Crippen molar-refractivity contribution in [1.82, 2.24) is 10.2 Å². The van der Waals surface area contributed by atoms with E-state index in [0.29, 0.717) is 22.5 Å². The molecule has 2 rings (SSSR count). The molecule has 1 saturated heterocycles. The maximum absolute atomic E-state index is 12.7. The van der Waals surface area contributed by atoms with Gasteiger partial charge in [-0.3, -0.25) is 4.79 Å². The molecule has 1 aromatic rings. The Bertz CT molecular complexity index is 456. The van der Waals surface area contributed by atoms with Crippen LogP contribution in [0.4, 0.5) is 0 Å². The van der Waals surface area contributed by atoms with Crippen LogP contribution in [0.2, 0.25) is 5.02 Å². The third kappa shape index (κ3) is 4.22. The molecule has 0 bridgehead atoms. The molecule has 0 aromatic heterocycles. The van der Waals surface area contributed by atoms with Gasteiger partial charge in [-0.2, -0.15) is 0 Å². The molecule has 0 radical (unpaired) electrons. The second kappa shape index (κ2) is 7.09. The normalized spacial score (nSPS) is 18.5. The van der Waals surface area contributed by atoms with E-state index in [1.54, 1.807) is 12.1 Å². The standard InChI is InChI=1S/C16H23ClN2O/c1-12(2)10-19(11-15-7-4-8-18-15)16(20)13-5-3-6-14(17)9-13/h3,5-6,9,12,15,18H,4,7-8,10-11H2,1-2H3. The van der Waals surface area contributed by atoms with Crippen LogP contribution in [0.5, 0.6) is 0 Å². The number of nitrogens with one attached hydrogen (secondary N) is 1. The Kier molecular flexibility index (Phi) is 5.44. The van der Waals surface area contributed by atoms with Crippen molar-refractivity contribution in [3.8, 4) is 0 Å². The van der Waals surface area contributed by atoms with Gasteiger partial charge < -0.3 is 10.2 Å². The Labute approximate surface area is 126 Å². The lowest BCUT2D eigenvalue weighted by Gasteiger charge is -2.27. The first-order valence-corrected chi connectivity index (χ1v) is 7.72. The lowest BCUT2D eigenvalue weighted by molar-refractivity contribution is 0.0721. The van der Waals surface area contributed by atoms with Gasteiger partial charge in [0.05, 0.1) is 0 Å². The van der Waals surface area contributed by atoms with E-state index in [4.69, 9.17) is 11.6 Å². The monoisotopic (exact) mass is 294 g/mol. The van der Waals surface area contributed by atoms with Gasteiger partial charge in [0.2, 0.25) is 0 Å². The molecule has 1 heterocycles. The summed E-state index contributed by atoms with van der Waals surface area (Å²) >= 11 is 5.99. The molecule has 1 fully saturated rings. The maximum Gasteiger partial charge on any atom is 0.253 e. The summed E-state index contributed by atoms with van der Waals surface area (Å²) in [5, 5.41) is 4.07. The Morgan fingerprint density at radius 3 is 2.90 bits per heavy atom. The minimum atomic E-state index is 0.0786. The van der Waals surface area contributed by atoms with E-state index in [1.807, 2.05) is 17.0 Å². The summed E-state index contributed by atoms with van der Waals surface area (Å²) in [5.74, 6) is 0.537. The maximum atomic E-state index is 12.7. The number of hydrogen-bond donors (Lipinski definition) is 1. The SMILES string of the molecule is CC(C)CN(CC1CCCN1)C(=O)c1cccc(Cl)c1. The Morgan fingerprint density at radius 1 is 1.50 bits per heavy atom. The highest BCUT2D eigenvalue weighted by Crippen LogP contribution is 2.15. The number of amides is 1. The molecular weight excluding hydrogens is 272 g/mol. The van der Waals surface area contributed by atoms with Crippen molar-refractivity contribution < 1.29 is 4.79 Å². The van der Waals surface area contributed by atoms with Crippen molar-refractivity contribution in [2.45, 2.75) is 32.7 Å². The minimum Gasteiger partial charge on any atom is -0.337 e. The molecule has 1 unspecified atom stereocenters. The number of carbonyl (C=O) groups excluding carboxylic acids is 1. The summed E-state index contributed by atoms with van der Waals surface area (Å²) in [6.07, 6.45) is 2.35. The van der Waals surface area contributed by atoms with Crippen LogP contribution in [0, 0.1) is 5.92 Å². The molecule has 1 aromatic carbocycles. The van der Waals surface area contributed by atoms with Crippen LogP contribution in [0.15, 0.2) is 24.3 Å². The fourth-order valence-corrected chi connectivity index (χ4v) is 2.85. The van der Waals surface area contributed by atoms with E-state index in [1.165, 1.54) is 6.42 Å². The van der Waals surface area contributed by atoms with Gasteiger partial charge in [0.15, 0.2) is 0 Å². The van der Waals surface area contributed by atoms with Crippen LogP contribution in [0.1, 0.15) is 37.0 Å². The highest BCUT2D eigenvalue weighted by molar-refractivity contribution is 6.30. The van der Waals surface area contributed by atoms with Crippen molar-refractivity contribution in [3.05, 3.63) is 34.9 Å². The zero-order valence-electron chi connectivity index (χ0n) is 12.2. The molecule has 0 aliphatic carbocycles. The summed E-state index contributed by atoms with van der Waals surface area (Å²) < 4.78 is 0. The van der Waals surface area contributed by atoms with Crippen LogP contribution in [-0.4, -0.2) is 36.5 Å². The summed E-state index contributed by atoms with van der Waals surface area (Å²) in [6, 6.07) is 7.64. The second-order valence-electron chi connectivity index (χ2n) is 5.91. The summed E-state index contributed by atoms with van der Waals surface area (Å²) in [6.45, 7) is 6.90. The van der Waals surface area contributed by atoms with Crippen LogP contribution in [0.25, 0.3) is 0 Å². The smallest absolute Gasteiger partial charge is 0.253 e. The van der Waals surface area contributed by atoms with Crippen LogP contribution in [-0.2, 0) is 0 Å². The summed E-state index contributed by atoms with van der Waals surface area (Å²) in [4.78, 5) is 14.6. The third-order valence-corrected chi connectivity index (χ3v) is 3.78. The first-order valence-electron chi connectivity index (χ1n) is 7.34. The Balaban J connectivity index is 2.10. The van der Waals surface area contributed by atoms with E-state index < -0.39 is 0 Å². The van der Waals surface area contributed by atoms with E-state index in [2.05, 4.69) is 19.2 Å². The summed E-state index contributed by atoms with van der Waals surface area (Å²) in [7, 11) is 0. The molecule has 0 spiro atoms. The van der Waals surface area contributed by atoms with Crippen molar-refractivity contribution in [2.24, 2.45) is 5.92 Å². The minimum absolute atomic E-state index is 0.0786. The number of carbonyl (C=O) groups is 1. The highest BCUT2D eigenvalue weighted by Gasteiger charge is 2.23. The predicted molar refractivity (Wildman–Crippen MR) is 83.2 cm³/mol. The van der Waals surface area contributed by atoms with Crippen molar-refractivity contribution >= 4 is 17.5 Å². The van der Waals surface area contributed by atoms with E-state index in [0.717, 1.165) is 26.1 Å². The highest BCUT2D eigenvalue weighted by atomic mass is 35.5. The average Bonchev–Trinajstić information content (AvgIpc) is 2.89. The van der Waals surface area contributed by atoms with Gasteiger partial charge in [-0.25, -0.2) is 0 Å². The first-order chi connectivity index (χ1) is 9.56. The Morgan fingerprint density at radius 2 is 2.30 bits per heavy atom. The molecule has 110 valence electrons. The van der Waals surface area contributed by atoms with Gasteiger partial charge in [-0.1, -0.05) is 31.5 Å². The van der Waals surface area contributed by atoms with Crippen molar-refractivity contribution in [2.75, 3.05) is 19.6 Å². The zero-order valence-corrected chi connectivity index (χ0v) is 13.0. The van der Waals surface area contributed by atoms with Gasteiger partial charge in [-0.15, -0.1) is 0 Å². The van der Waals surface area contributed by atoms with Gasteiger partial charge >= 0.3 is 0 Å². The molecule has 3 nitrogen and oxygen atoms in total. The molecule has 0 saturated carbocycles. The molecule has 1 aliphatic heterocycles. The van der Waals surface area contributed by atoms with E-state index in [-0.39, 0.29) is 5.91 Å². The second-order valence-corrected chi connectivity index (χ2v) is 6.34. The largest absolute Gasteiger partial charge is 0.337 e. The fraction of sp³-hybridized carbons (Fsp3) is 0.562. The lowest BCUT2D eigenvalue weighted by atomic mass is 10.1. The van der Waals surface area contributed by atoms with Gasteiger partial charge in [0, 0.05) is 29.7 Å². The van der Waals surface area contributed by atoms with Crippen molar-refractivity contribution in [3.63, 3.8) is 0 Å². The molecular formula is C16H23ClN2O. The number of rotatable bonds is 5. The predicted octanol–water partition coefficient (Wildman–Crippen LogP) is 3.19. The van der Waals surface area contributed by atoms with Crippen LogP contribution < -0.4 is 5.32 Å². The van der Waals surface area contributed by atoms with Crippen LogP contribution in [0.3, 0.4) is 0 Å². The summed E-state index contributed by atoms with van der Waals surface area (Å²) in [5.41, 5.74) is 0.677. The number of nitrogens with zero attached hydrogens (tertiary/aromatic N) is 1. The Hall–Kier alpha value is -1.06. The topological polar surface area (TPSA) is 32.3 Å². The number of halogens is 1. The molecule has 1 atom stereocenters. The molecule has 1 N–H and O–H groups in total. The van der Waals surface area contributed by atoms with Gasteiger partial charge in [0.1, 0.15) is 0 Å². The van der Waals surface area contributed by atoms with E-state index >= 15 is 0 Å². The lowest BCUT2D eigenvalue weighted by Crippen LogP contribution is -2.42. The van der Waals surface area contributed by atoms with E-state index in [9.17, 15) is 4.79 Å². The third-order valence-electron chi connectivity index (χ3n) is 3.55. The molecule has 1 aliphatic rings. The first kappa shape index (κ1) is 15.3. The number of benzene rings is 1. The average molecular weight is 295 g/mol. The fourth-order valence-electron chi connectivity index (χ4n) is 2.66. The molecule has 4 heteroatoms. The van der Waals surface area contributed by atoms with Crippen LogP contribution >= 0.6 is 11.6 Å². The quantitative estimate of drug-likeness (QED) is 0.904. The molecule has 1 amide bonds. The van der Waals surface area contributed by atoms with Gasteiger partial charge in [0.25, 0.3) is 5.91 Å². The molecule has 20 heavy (non-hydrogen) atoms. The number of hydrogen-bond acceptors (Lipinski definition) is 2. The van der Waals surface area contributed by atoms with Gasteiger partial charge in [-0.05, 0) is 43.5 Å².